The van der Waals surface area contributed by atoms with Crippen molar-refractivity contribution in [3.8, 4) is 11.5 Å². The Kier molecular flexibility index (Phi) is 6.81. The minimum atomic E-state index is 0.124. The summed E-state index contributed by atoms with van der Waals surface area (Å²) in [7, 11) is 1.63. The van der Waals surface area contributed by atoms with Crippen molar-refractivity contribution >= 4 is 5.91 Å². The zero-order valence-corrected chi connectivity index (χ0v) is 18.8. The van der Waals surface area contributed by atoms with E-state index in [4.69, 9.17) is 9.47 Å². The summed E-state index contributed by atoms with van der Waals surface area (Å²) >= 11 is 0. The highest BCUT2D eigenvalue weighted by Gasteiger charge is 2.38. The van der Waals surface area contributed by atoms with E-state index in [1.807, 2.05) is 42.2 Å². The van der Waals surface area contributed by atoms with Gasteiger partial charge in [-0.3, -0.25) is 9.69 Å². The maximum Gasteiger partial charge on any atom is 0.253 e. The van der Waals surface area contributed by atoms with Crippen molar-refractivity contribution in [2.45, 2.75) is 39.2 Å². The van der Waals surface area contributed by atoms with Crippen LogP contribution in [0.2, 0.25) is 0 Å². The van der Waals surface area contributed by atoms with Crippen LogP contribution in [0.5, 0.6) is 11.5 Å². The molecule has 2 heterocycles. The molecule has 0 unspecified atom stereocenters. The molecule has 2 aromatic rings. The normalized spacial score (nSPS) is 18.7. The lowest BCUT2D eigenvalue weighted by atomic mass is 9.71. The first-order chi connectivity index (χ1) is 15.1. The molecule has 0 N–H and O–H groups in total. The average molecular weight is 423 g/mol. The third kappa shape index (κ3) is 5.04. The van der Waals surface area contributed by atoms with E-state index < -0.39 is 0 Å². The molecule has 1 spiro atoms. The van der Waals surface area contributed by atoms with E-state index in [9.17, 15) is 4.79 Å². The van der Waals surface area contributed by atoms with Gasteiger partial charge in [-0.2, -0.15) is 0 Å². The van der Waals surface area contributed by atoms with Crippen LogP contribution in [0.4, 0.5) is 0 Å². The van der Waals surface area contributed by atoms with E-state index in [2.05, 4.69) is 23.1 Å². The number of ether oxygens (including phenoxy) is 2. The first-order valence-corrected chi connectivity index (χ1v) is 11.5. The number of rotatable bonds is 6. The number of hydrogen-bond donors (Lipinski definition) is 0. The van der Waals surface area contributed by atoms with E-state index in [0.717, 1.165) is 62.6 Å². The van der Waals surface area contributed by atoms with E-state index in [1.54, 1.807) is 7.11 Å². The van der Waals surface area contributed by atoms with Gasteiger partial charge in [-0.15, -0.1) is 0 Å². The van der Waals surface area contributed by atoms with Crippen molar-refractivity contribution in [1.82, 2.24) is 9.80 Å². The zero-order valence-electron chi connectivity index (χ0n) is 18.8. The Morgan fingerprint density at radius 2 is 1.68 bits per heavy atom. The number of methoxy groups -OCH3 is 1. The summed E-state index contributed by atoms with van der Waals surface area (Å²) in [5.41, 5.74) is 2.39. The topological polar surface area (TPSA) is 42.0 Å². The van der Waals surface area contributed by atoms with Crippen LogP contribution in [0.3, 0.4) is 0 Å². The quantitative estimate of drug-likeness (QED) is 0.682. The lowest BCUT2D eigenvalue weighted by Gasteiger charge is -2.47. The van der Waals surface area contributed by atoms with Crippen LogP contribution in [-0.4, -0.2) is 55.6 Å². The minimum absolute atomic E-state index is 0.124. The molecule has 2 aliphatic rings. The molecule has 0 radical (unpaired) electrons. The number of carbonyl (C=O) groups is 1. The van der Waals surface area contributed by atoms with Crippen LogP contribution >= 0.6 is 0 Å². The number of hydrogen-bond acceptors (Lipinski definition) is 4. The number of nitrogens with zero attached hydrogens (tertiary/aromatic N) is 2. The van der Waals surface area contributed by atoms with Crippen LogP contribution in [0.25, 0.3) is 0 Å². The molecule has 0 atom stereocenters. The summed E-state index contributed by atoms with van der Waals surface area (Å²) in [6.07, 6.45) is 4.63. The molecule has 1 amide bonds. The van der Waals surface area contributed by atoms with Gasteiger partial charge in [-0.05, 0) is 75.4 Å². The Morgan fingerprint density at radius 1 is 0.968 bits per heavy atom. The van der Waals surface area contributed by atoms with Gasteiger partial charge in [0.05, 0.1) is 13.7 Å². The molecule has 0 bridgehead atoms. The largest absolute Gasteiger partial charge is 0.497 e. The number of para-hydroxylation sites is 1. The lowest BCUT2D eigenvalue weighted by Crippen LogP contribution is -2.48. The molecule has 5 heteroatoms. The summed E-state index contributed by atoms with van der Waals surface area (Å²) in [5, 5.41) is 0. The first-order valence-electron chi connectivity index (χ1n) is 11.5. The third-order valence-corrected chi connectivity index (χ3v) is 7.01. The second kappa shape index (κ2) is 9.73. The highest BCUT2D eigenvalue weighted by atomic mass is 16.5. The number of benzene rings is 2. The Labute approximate surface area is 185 Å². The average Bonchev–Trinajstić information content (AvgIpc) is 2.82. The number of likely N-dealkylation sites (tertiary alicyclic amines) is 2. The Balaban J connectivity index is 1.30. The van der Waals surface area contributed by atoms with E-state index >= 15 is 0 Å². The molecule has 0 aliphatic carbocycles. The molecular weight excluding hydrogens is 388 g/mol. The van der Waals surface area contributed by atoms with Gasteiger partial charge in [0, 0.05) is 30.8 Å². The van der Waals surface area contributed by atoms with Crippen molar-refractivity contribution in [3.05, 3.63) is 59.7 Å². The molecule has 2 saturated heterocycles. The first kappa shape index (κ1) is 21.7. The third-order valence-electron chi connectivity index (χ3n) is 7.01. The predicted octanol–water partition coefficient (Wildman–Crippen LogP) is 4.61. The SMILES string of the molecule is CCOc1ccccc1CN1CCC2(CC1)CCN(C(=O)c1cccc(OC)c1)CC2. The number of piperidine rings is 2. The van der Waals surface area contributed by atoms with Gasteiger partial charge < -0.3 is 14.4 Å². The maximum absolute atomic E-state index is 12.9. The molecule has 31 heavy (non-hydrogen) atoms. The van der Waals surface area contributed by atoms with Gasteiger partial charge in [-0.1, -0.05) is 24.3 Å². The van der Waals surface area contributed by atoms with Crippen molar-refractivity contribution in [1.29, 1.82) is 0 Å². The fourth-order valence-electron chi connectivity index (χ4n) is 4.98. The lowest BCUT2D eigenvalue weighted by molar-refractivity contribution is 0.0283. The maximum atomic E-state index is 12.9. The van der Waals surface area contributed by atoms with Crippen LogP contribution in [0.15, 0.2) is 48.5 Å². The van der Waals surface area contributed by atoms with Crippen molar-refractivity contribution in [2.75, 3.05) is 39.9 Å². The van der Waals surface area contributed by atoms with Crippen molar-refractivity contribution in [3.63, 3.8) is 0 Å². The summed E-state index contributed by atoms with van der Waals surface area (Å²) < 4.78 is 11.1. The molecule has 5 nitrogen and oxygen atoms in total. The summed E-state index contributed by atoms with van der Waals surface area (Å²) in [4.78, 5) is 17.5. The molecule has 2 aromatic carbocycles. The van der Waals surface area contributed by atoms with Gasteiger partial charge in [0.15, 0.2) is 0 Å². The van der Waals surface area contributed by atoms with Gasteiger partial charge in [0.2, 0.25) is 0 Å². The Bertz CT molecular complexity index is 880. The predicted molar refractivity (Wildman–Crippen MR) is 123 cm³/mol. The highest BCUT2D eigenvalue weighted by Crippen LogP contribution is 2.42. The van der Waals surface area contributed by atoms with Gasteiger partial charge in [-0.25, -0.2) is 0 Å². The van der Waals surface area contributed by atoms with E-state index in [0.29, 0.717) is 12.0 Å². The molecule has 0 aromatic heterocycles. The Hall–Kier alpha value is -2.53. The number of carbonyl (C=O) groups excluding carboxylic acids is 1. The van der Waals surface area contributed by atoms with Crippen molar-refractivity contribution in [2.24, 2.45) is 5.41 Å². The van der Waals surface area contributed by atoms with Crippen LogP contribution < -0.4 is 9.47 Å². The van der Waals surface area contributed by atoms with Gasteiger partial charge in [0.25, 0.3) is 5.91 Å². The van der Waals surface area contributed by atoms with Gasteiger partial charge >= 0.3 is 0 Å². The second-order valence-electron chi connectivity index (χ2n) is 8.84. The van der Waals surface area contributed by atoms with Crippen LogP contribution in [-0.2, 0) is 6.54 Å². The molecule has 166 valence electrons. The fourth-order valence-corrected chi connectivity index (χ4v) is 4.98. The monoisotopic (exact) mass is 422 g/mol. The Morgan fingerprint density at radius 3 is 2.39 bits per heavy atom. The van der Waals surface area contributed by atoms with Crippen LogP contribution in [0, 0.1) is 5.41 Å². The van der Waals surface area contributed by atoms with Crippen molar-refractivity contribution < 1.29 is 14.3 Å². The smallest absolute Gasteiger partial charge is 0.253 e. The van der Waals surface area contributed by atoms with Crippen LogP contribution in [0.1, 0.15) is 48.5 Å². The number of amides is 1. The van der Waals surface area contributed by atoms with Gasteiger partial charge in [0.1, 0.15) is 11.5 Å². The van der Waals surface area contributed by atoms with E-state index in [-0.39, 0.29) is 5.91 Å². The standard InChI is InChI=1S/C26H34N2O3/c1-3-31-24-10-5-4-7-22(24)20-27-15-11-26(12-16-27)13-17-28(18-14-26)25(29)21-8-6-9-23(19-21)30-2/h4-10,19H,3,11-18,20H2,1-2H3. The summed E-state index contributed by atoms with van der Waals surface area (Å²) in [5.74, 6) is 1.87. The molecule has 2 fully saturated rings. The second-order valence-corrected chi connectivity index (χ2v) is 8.84. The minimum Gasteiger partial charge on any atom is -0.497 e. The summed E-state index contributed by atoms with van der Waals surface area (Å²) in [6, 6.07) is 15.9. The molecule has 0 saturated carbocycles. The zero-order chi connectivity index (χ0) is 21.7. The van der Waals surface area contributed by atoms with E-state index in [1.165, 1.54) is 18.4 Å². The highest BCUT2D eigenvalue weighted by molar-refractivity contribution is 5.94. The molecule has 4 rings (SSSR count). The molecular formula is C26H34N2O3. The molecule has 2 aliphatic heterocycles. The summed E-state index contributed by atoms with van der Waals surface area (Å²) in [6.45, 7) is 7.62. The fraction of sp³-hybridized carbons (Fsp3) is 0.500.